The Hall–Kier alpha value is -1.64. The zero-order valence-electron chi connectivity index (χ0n) is 16.0. The van der Waals surface area contributed by atoms with E-state index in [-0.39, 0.29) is 5.56 Å². The number of thiazole rings is 1. The lowest BCUT2D eigenvalue weighted by molar-refractivity contribution is 0.475. The number of hydrogen-bond donors (Lipinski definition) is 0. The van der Waals surface area contributed by atoms with Gasteiger partial charge in [-0.05, 0) is 37.2 Å². The summed E-state index contributed by atoms with van der Waals surface area (Å²) in [5.74, 6) is 1.11. The molecule has 0 N–H and O–H groups in total. The number of fused-ring (bicyclic) bond motifs is 4. The summed E-state index contributed by atoms with van der Waals surface area (Å²) < 4.78 is 3.95. The Morgan fingerprint density at radius 3 is 2.93 bits per heavy atom. The topological polar surface area (TPSA) is 52.2 Å². The largest absolute Gasteiger partial charge is 0.297 e. The van der Waals surface area contributed by atoms with Crippen LogP contribution >= 0.6 is 34.4 Å². The molecule has 0 bridgehead atoms. The number of rotatable bonds is 5. The van der Waals surface area contributed by atoms with E-state index in [4.69, 9.17) is 4.98 Å². The Morgan fingerprint density at radius 2 is 2.11 bits per heavy atom. The fourth-order valence-corrected chi connectivity index (χ4v) is 6.75. The maximum Gasteiger partial charge on any atom is 0.263 e. The second kappa shape index (κ2) is 7.31. The third kappa shape index (κ3) is 3.21. The average molecular weight is 431 g/mol. The van der Waals surface area contributed by atoms with Gasteiger partial charge in [0.2, 0.25) is 0 Å². The third-order valence-electron chi connectivity index (χ3n) is 5.08. The minimum Gasteiger partial charge on any atom is -0.297 e. The number of nitrogens with zero attached hydrogens (tertiary/aromatic N) is 4. The predicted octanol–water partition coefficient (Wildman–Crippen LogP) is 4.99. The van der Waals surface area contributed by atoms with E-state index < -0.39 is 0 Å². The van der Waals surface area contributed by atoms with Crippen LogP contribution in [0.4, 0.5) is 0 Å². The molecular weight excluding hydrogens is 408 g/mol. The first-order valence-corrected chi connectivity index (χ1v) is 12.4. The standard InChI is InChI=1S/C20H22N4OS3/c1-12(2)9-24-18(25)16-14-5-3-4-6-15(14)28-17(16)22-20(24)27-11-13-10-23-7-8-26-19(23)21-13/h7-8,10,12H,3-6,9,11H2,1-2H3. The summed E-state index contributed by atoms with van der Waals surface area (Å²) in [5.41, 5.74) is 2.44. The molecule has 0 aliphatic heterocycles. The van der Waals surface area contributed by atoms with Gasteiger partial charge in [0.15, 0.2) is 10.1 Å². The molecule has 4 aromatic heterocycles. The molecule has 28 heavy (non-hydrogen) atoms. The summed E-state index contributed by atoms with van der Waals surface area (Å²) in [7, 11) is 0. The maximum absolute atomic E-state index is 13.4. The van der Waals surface area contributed by atoms with Crippen LogP contribution in [0.15, 0.2) is 27.7 Å². The van der Waals surface area contributed by atoms with Crippen molar-refractivity contribution >= 4 is 49.6 Å². The molecule has 8 heteroatoms. The van der Waals surface area contributed by atoms with Crippen LogP contribution in [0.2, 0.25) is 0 Å². The Labute approximate surface area is 175 Å². The molecule has 5 nitrogen and oxygen atoms in total. The molecule has 0 atom stereocenters. The Balaban J connectivity index is 1.55. The van der Waals surface area contributed by atoms with E-state index in [1.54, 1.807) is 34.4 Å². The zero-order chi connectivity index (χ0) is 19.3. The van der Waals surface area contributed by atoms with Crippen LogP contribution in [0.5, 0.6) is 0 Å². The lowest BCUT2D eigenvalue weighted by Crippen LogP contribution is -2.25. The average Bonchev–Trinajstić information content (AvgIpc) is 3.34. The second-order valence-corrected chi connectivity index (χ2v) is 10.6. The number of aromatic nitrogens is 4. The van der Waals surface area contributed by atoms with Gasteiger partial charge in [-0.15, -0.1) is 22.7 Å². The van der Waals surface area contributed by atoms with Gasteiger partial charge in [0.1, 0.15) is 4.83 Å². The minimum absolute atomic E-state index is 0.145. The number of thiophene rings is 1. The molecule has 0 spiro atoms. The monoisotopic (exact) mass is 430 g/mol. The highest BCUT2D eigenvalue weighted by Gasteiger charge is 2.22. The molecule has 0 saturated carbocycles. The van der Waals surface area contributed by atoms with E-state index in [1.807, 2.05) is 20.5 Å². The summed E-state index contributed by atoms with van der Waals surface area (Å²) in [4.78, 5) is 26.4. The van der Waals surface area contributed by atoms with E-state index in [0.717, 1.165) is 44.6 Å². The van der Waals surface area contributed by atoms with Gasteiger partial charge in [0.05, 0.1) is 11.1 Å². The normalized spacial score (nSPS) is 14.4. The lowest BCUT2D eigenvalue weighted by Gasteiger charge is -2.14. The van der Waals surface area contributed by atoms with Crippen LogP contribution < -0.4 is 5.56 Å². The molecule has 1 aliphatic rings. The van der Waals surface area contributed by atoms with Crippen molar-refractivity contribution in [2.24, 2.45) is 5.92 Å². The molecule has 0 aromatic carbocycles. The molecule has 0 radical (unpaired) electrons. The molecule has 0 amide bonds. The van der Waals surface area contributed by atoms with Crippen LogP contribution in [-0.2, 0) is 25.1 Å². The highest BCUT2D eigenvalue weighted by Crippen LogP contribution is 2.35. The second-order valence-electron chi connectivity index (χ2n) is 7.71. The third-order valence-corrected chi connectivity index (χ3v) is 8.05. The molecular formula is C20H22N4OS3. The number of thioether (sulfide) groups is 1. The first kappa shape index (κ1) is 18.4. The van der Waals surface area contributed by atoms with E-state index in [9.17, 15) is 4.79 Å². The smallest absolute Gasteiger partial charge is 0.263 e. The van der Waals surface area contributed by atoms with E-state index >= 15 is 0 Å². The van der Waals surface area contributed by atoms with Crippen LogP contribution in [-0.4, -0.2) is 18.9 Å². The van der Waals surface area contributed by atoms with Crippen LogP contribution in [0, 0.1) is 5.92 Å². The van der Waals surface area contributed by atoms with Crippen molar-refractivity contribution in [3.05, 3.63) is 44.3 Å². The molecule has 1 aliphatic carbocycles. The highest BCUT2D eigenvalue weighted by molar-refractivity contribution is 7.98. The molecule has 0 saturated heterocycles. The Kier molecular flexibility index (Phi) is 4.80. The summed E-state index contributed by atoms with van der Waals surface area (Å²) >= 11 is 4.98. The molecule has 4 aromatic rings. The Morgan fingerprint density at radius 1 is 1.25 bits per heavy atom. The fourth-order valence-electron chi connectivity index (χ4n) is 3.84. The van der Waals surface area contributed by atoms with Gasteiger partial charge in [-0.1, -0.05) is 25.6 Å². The Bertz CT molecular complexity index is 1190. The molecule has 146 valence electrons. The van der Waals surface area contributed by atoms with Crippen molar-refractivity contribution in [3.8, 4) is 0 Å². The number of aryl methyl sites for hydroxylation is 2. The van der Waals surface area contributed by atoms with Gasteiger partial charge in [-0.3, -0.25) is 13.8 Å². The van der Waals surface area contributed by atoms with E-state index in [1.165, 1.54) is 23.3 Å². The van der Waals surface area contributed by atoms with E-state index in [2.05, 4.69) is 25.0 Å². The minimum atomic E-state index is 0.145. The van der Waals surface area contributed by atoms with Crippen LogP contribution in [0.25, 0.3) is 15.2 Å². The van der Waals surface area contributed by atoms with Crippen molar-refractivity contribution in [2.75, 3.05) is 0 Å². The highest BCUT2D eigenvalue weighted by atomic mass is 32.2. The summed E-state index contributed by atoms with van der Waals surface area (Å²) in [5, 5.41) is 3.74. The number of hydrogen-bond acceptors (Lipinski definition) is 6. The van der Waals surface area contributed by atoms with Crippen LogP contribution in [0.3, 0.4) is 0 Å². The molecule has 0 unspecified atom stereocenters. The SMILES string of the molecule is CC(C)Cn1c(SCc2cn3ccsc3n2)nc2sc3c(c2c1=O)CCCC3. The van der Waals surface area contributed by atoms with Gasteiger partial charge < -0.3 is 0 Å². The van der Waals surface area contributed by atoms with Gasteiger partial charge in [0, 0.05) is 34.9 Å². The van der Waals surface area contributed by atoms with Gasteiger partial charge in [-0.25, -0.2) is 9.97 Å². The maximum atomic E-state index is 13.4. The van der Waals surface area contributed by atoms with Gasteiger partial charge in [0.25, 0.3) is 5.56 Å². The zero-order valence-corrected chi connectivity index (χ0v) is 18.4. The van der Waals surface area contributed by atoms with Crippen molar-refractivity contribution in [3.63, 3.8) is 0 Å². The predicted molar refractivity (Wildman–Crippen MR) is 118 cm³/mol. The summed E-state index contributed by atoms with van der Waals surface area (Å²) in [6, 6.07) is 0. The van der Waals surface area contributed by atoms with Crippen molar-refractivity contribution in [1.82, 2.24) is 18.9 Å². The van der Waals surface area contributed by atoms with Gasteiger partial charge in [-0.2, -0.15) is 0 Å². The van der Waals surface area contributed by atoms with Crippen molar-refractivity contribution < 1.29 is 0 Å². The lowest BCUT2D eigenvalue weighted by atomic mass is 9.97. The molecule has 5 rings (SSSR count). The van der Waals surface area contributed by atoms with Crippen LogP contribution in [0.1, 0.15) is 42.8 Å². The summed E-state index contributed by atoms with van der Waals surface area (Å²) in [6.07, 6.45) is 8.59. The number of imidazole rings is 1. The van der Waals surface area contributed by atoms with Gasteiger partial charge >= 0.3 is 0 Å². The molecule has 0 fully saturated rings. The van der Waals surface area contributed by atoms with Crippen molar-refractivity contribution in [1.29, 1.82) is 0 Å². The summed E-state index contributed by atoms with van der Waals surface area (Å²) in [6.45, 7) is 5.00. The first-order valence-electron chi connectivity index (χ1n) is 9.69. The fraction of sp³-hybridized carbons (Fsp3) is 0.450. The first-order chi connectivity index (χ1) is 13.6. The molecule has 4 heterocycles. The quantitative estimate of drug-likeness (QED) is 0.330. The van der Waals surface area contributed by atoms with Crippen molar-refractivity contribution in [2.45, 2.75) is 57.0 Å². The van der Waals surface area contributed by atoms with E-state index in [0.29, 0.717) is 12.5 Å².